The average molecular weight is 933 g/mol. The lowest BCUT2D eigenvalue weighted by Crippen LogP contribution is -2.45. The predicted molar refractivity (Wildman–Crippen MR) is 287 cm³/mol. The van der Waals surface area contributed by atoms with Crippen LogP contribution in [0.4, 0.5) is 0 Å². The minimum atomic E-state index is -0.665. The molecule has 3 N–H and O–H groups in total. The zero-order chi connectivity index (χ0) is 47.9. The van der Waals surface area contributed by atoms with Gasteiger partial charge in [0.2, 0.25) is 5.91 Å². The van der Waals surface area contributed by atoms with Gasteiger partial charge in [-0.05, 0) is 51.4 Å². The van der Waals surface area contributed by atoms with Crippen molar-refractivity contribution in [2.24, 2.45) is 0 Å². The van der Waals surface area contributed by atoms with Crippen molar-refractivity contribution in [3.05, 3.63) is 12.2 Å². The summed E-state index contributed by atoms with van der Waals surface area (Å²) in [6.07, 6.45) is 66.6. The van der Waals surface area contributed by atoms with Gasteiger partial charge < -0.3 is 20.3 Å². The highest BCUT2D eigenvalue weighted by Gasteiger charge is 2.20. The molecule has 0 rings (SSSR count). The molecule has 0 aromatic heterocycles. The van der Waals surface area contributed by atoms with E-state index in [0.717, 1.165) is 38.5 Å². The Morgan fingerprint density at radius 3 is 1.08 bits per heavy atom. The van der Waals surface area contributed by atoms with Gasteiger partial charge >= 0.3 is 5.97 Å². The molecule has 0 aliphatic rings. The third-order valence-corrected chi connectivity index (χ3v) is 14.1. The Balaban J connectivity index is 3.35. The van der Waals surface area contributed by atoms with Crippen LogP contribution < -0.4 is 5.32 Å². The molecule has 0 saturated carbocycles. The number of aliphatic hydroxyl groups is 2. The number of allylic oxidation sites excluding steroid dienone is 2. The lowest BCUT2D eigenvalue weighted by atomic mass is 10.0. The summed E-state index contributed by atoms with van der Waals surface area (Å²) in [5, 5.41) is 23.1. The molecule has 6 heteroatoms. The zero-order valence-corrected chi connectivity index (χ0v) is 44.7. The molecule has 1 amide bonds. The van der Waals surface area contributed by atoms with Gasteiger partial charge in [0, 0.05) is 12.8 Å². The van der Waals surface area contributed by atoms with E-state index < -0.39 is 12.1 Å². The van der Waals surface area contributed by atoms with Crippen LogP contribution in [0, 0.1) is 0 Å². The Morgan fingerprint density at radius 1 is 0.409 bits per heavy atom. The second kappa shape index (κ2) is 56.2. The topological polar surface area (TPSA) is 95.9 Å². The Morgan fingerprint density at radius 2 is 0.712 bits per heavy atom. The van der Waals surface area contributed by atoms with Crippen molar-refractivity contribution < 1.29 is 24.5 Å². The molecule has 0 aliphatic carbocycles. The first-order valence-corrected chi connectivity index (χ1v) is 29.9. The van der Waals surface area contributed by atoms with E-state index >= 15 is 0 Å². The highest BCUT2D eigenvalue weighted by molar-refractivity contribution is 5.76. The maximum Gasteiger partial charge on any atom is 0.305 e. The first-order valence-electron chi connectivity index (χ1n) is 29.9. The molecule has 0 bridgehead atoms. The summed E-state index contributed by atoms with van der Waals surface area (Å²) in [6, 6.07) is -0.543. The third-order valence-electron chi connectivity index (χ3n) is 14.1. The molecule has 392 valence electrons. The number of nitrogens with one attached hydrogen (secondary N) is 1. The normalized spacial score (nSPS) is 12.6. The quantitative estimate of drug-likeness (QED) is 0.0321. The molecular formula is C60H117NO5. The number of carbonyl (C=O) groups is 2. The van der Waals surface area contributed by atoms with Gasteiger partial charge in [-0.2, -0.15) is 0 Å². The molecule has 0 saturated heterocycles. The van der Waals surface area contributed by atoms with Gasteiger partial charge in [0.1, 0.15) is 0 Å². The Bertz CT molecular complexity index is 986. The van der Waals surface area contributed by atoms with Crippen LogP contribution in [0.1, 0.15) is 335 Å². The number of aliphatic hydroxyl groups excluding tert-OH is 2. The van der Waals surface area contributed by atoms with Gasteiger partial charge in [-0.15, -0.1) is 0 Å². The van der Waals surface area contributed by atoms with E-state index in [1.165, 1.54) is 263 Å². The van der Waals surface area contributed by atoms with Crippen molar-refractivity contribution >= 4 is 11.9 Å². The van der Waals surface area contributed by atoms with E-state index in [1.54, 1.807) is 0 Å². The van der Waals surface area contributed by atoms with Crippen molar-refractivity contribution in [1.29, 1.82) is 0 Å². The van der Waals surface area contributed by atoms with E-state index in [-0.39, 0.29) is 18.5 Å². The van der Waals surface area contributed by atoms with Crippen molar-refractivity contribution in [3.63, 3.8) is 0 Å². The summed E-state index contributed by atoms with van der Waals surface area (Å²) in [7, 11) is 0. The lowest BCUT2D eigenvalue weighted by molar-refractivity contribution is -0.143. The Labute approximate surface area is 412 Å². The van der Waals surface area contributed by atoms with Crippen LogP contribution >= 0.6 is 0 Å². The van der Waals surface area contributed by atoms with Crippen molar-refractivity contribution in [2.75, 3.05) is 13.2 Å². The van der Waals surface area contributed by atoms with Crippen LogP contribution in [0.25, 0.3) is 0 Å². The molecule has 2 unspecified atom stereocenters. The highest BCUT2D eigenvalue weighted by atomic mass is 16.5. The second-order valence-electron chi connectivity index (χ2n) is 20.7. The average Bonchev–Trinajstić information content (AvgIpc) is 3.32. The van der Waals surface area contributed by atoms with Gasteiger partial charge in [-0.25, -0.2) is 0 Å². The minimum Gasteiger partial charge on any atom is -0.466 e. The number of hydrogen-bond acceptors (Lipinski definition) is 5. The van der Waals surface area contributed by atoms with Gasteiger partial charge in [0.05, 0.1) is 25.4 Å². The molecule has 0 fully saturated rings. The number of rotatable bonds is 56. The number of carbonyl (C=O) groups excluding carboxylic acids is 2. The van der Waals surface area contributed by atoms with Crippen LogP contribution in [0.2, 0.25) is 0 Å². The zero-order valence-electron chi connectivity index (χ0n) is 44.7. The summed E-state index contributed by atoms with van der Waals surface area (Å²) < 4.78 is 5.49. The van der Waals surface area contributed by atoms with E-state index in [0.29, 0.717) is 25.9 Å². The molecule has 0 spiro atoms. The predicted octanol–water partition coefficient (Wildman–Crippen LogP) is 18.5. The second-order valence-corrected chi connectivity index (χ2v) is 20.7. The molecule has 2 atom stereocenters. The standard InChI is InChI=1S/C60H117NO5/c1-3-5-7-9-11-13-14-15-16-24-28-31-34-38-42-46-50-54-60(65)66-55-51-47-43-39-35-32-29-26-23-21-19-17-18-20-22-25-27-30-33-37-41-45-49-53-59(64)61-57(56-62)58(63)52-48-44-40-36-12-10-8-6-4-2/h20,22,57-58,62-63H,3-19,21,23-56H2,1-2H3,(H,61,64)/b22-20-. The summed E-state index contributed by atoms with van der Waals surface area (Å²) in [6.45, 7) is 4.95. The molecular weight excluding hydrogens is 815 g/mol. The minimum absolute atomic E-state index is 0.0158. The maximum atomic E-state index is 12.4. The van der Waals surface area contributed by atoms with Crippen molar-refractivity contribution in [1.82, 2.24) is 5.32 Å². The maximum absolute atomic E-state index is 12.4. The molecule has 0 aromatic rings. The van der Waals surface area contributed by atoms with Gasteiger partial charge in [0.25, 0.3) is 0 Å². The molecule has 0 aliphatic heterocycles. The fraction of sp³-hybridized carbons (Fsp3) is 0.933. The molecule has 6 nitrogen and oxygen atoms in total. The van der Waals surface area contributed by atoms with Crippen molar-refractivity contribution in [2.45, 2.75) is 347 Å². The summed E-state index contributed by atoms with van der Waals surface area (Å²) in [5.74, 6) is -0.0268. The van der Waals surface area contributed by atoms with Crippen LogP contribution in [-0.4, -0.2) is 47.4 Å². The highest BCUT2D eigenvalue weighted by Crippen LogP contribution is 2.17. The third kappa shape index (κ3) is 52.0. The van der Waals surface area contributed by atoms with Crippen LogP contribution in [-0.2, 0) is 14.3 Å². The van der Waals surface area contributed by atoms with E-state index in [9.17, 15) is 19.8 Å². The smallest absolute Gasteiger partial charge is 0.305 e. The SMILES string of the molecule is CCCCCCCCCCCCCCCCCCCC(=O)OCCCCCCCCCCCCCC/C=C\CCCCCCCCCC(=O)NC(CO)C(O)CCCCCCCCCCC. The van der Waals surface area contributed by atoms with E-state index in [1.807, 2.05) is 0 Å². The molecule has 0 radical (unpaired) electrons. The van der Waals surface area contributed by atoms with Crippen LogP contribution in [0.5, 0.6) is 0 Å². The number of esters is 1. The lowest BCUT2D eigenvalue weighted by Gasteiger charge is -2.22. The van der Waals surface area contributed by atoms with E-state index in [2.05, 4.69) is 31.3 Å². The summed E-state index contributed by atoms with van der Waals surface area (Å²) >= 11 is 0. The number of hydrogen-bond donors (Lipinski definition) is 3. The fourth-order valence-corrected chi connectivity index (χ4v) is 9.46. The van der Waals surface area contributed by atoms with Gasteiger partial charge in [0.15, 0.2) is 0 Å². The first kappa shape index (κ1) is 64.6. The molecule has 66 heavy (non-hydrogen) atoms. The number of unbranched alkanes of at least 4 members (excludes halogenated alkanes) is 43. The Hall–Kier alpha value is -1.40. The van der Waals surface area contributed by atoms with Crippen LogP contribution in [0.15, 0.2) is 12.2 Å². The molecule has 0 heterocycles. The summed E-state index contributed by atoms with van der Waals surface area (Å²) in [5.41, 5.74) is 0. The van der Waals surface area contributed by atoms with Gasteiger partial charge in [-0.3, -0.25) is 9.59 Å². The molecule has 0 aromatic carbocycles. The van der Waals surface area contributed by atoms with Crippen LogP contribution in [0.3, 0.4) is 0 Å². The number of ether oxygens (including phenoxy) is 1. The van der Waals surface area contributed by atoms with Crippen molar-refractivity contribution in [3.8, 4) is 0 Å². The number of amides is 1. The first-order chi connectivity index (χ1) is 32.5. The Kier molecular flexibility index (Phi) is 55.0. The summed E-state index contributed by atoms with van der Waals surface area (Å²) in [4.78, 5) is 24.5. The van der Waals surface area contributed by atoms with Gasteiger partial charge in [-0.1, -0.05) is 283 Å². The van der Waals surface area contributed by atoms with E-state index in [4.69, 9.17) is 4.74 Å². The monoisotopic (exact) mass is 932 g/mol. The fourth-order valence-electron chi connectivity index (χ4n) is 9.46. The largest absolute Gasteiger partial charge is 0.466 e.